The molecule has 4 heterocycles. The predicted molar refractivity (Wildman–Crippen MR) is 281 cm³/mol. The number of aromatic nitrogens is 3. The van der Waals surface area contributed by atoms with Crippen molar-refractivity contribution in [2.45, 2.75) is 245 Å². The maximum absolute atomic E-state index is 10.4. The normalized spacial score (nSPS) is 19.0. The molecule has 68 heavy (non-hydrogen) atoms. The van der Waals surface area contributed by atoms with Crippen LogP contribution >= 0.6 is 0 Å². The minimum absolute atomic E-state index is 0.00780. The van der Waals surface area contributed by atoms with E-state index in [-0.39, 0.29) is 36.4 Å². The van der Waals surface area contributed by atoms with Gasteiger partial charge in [-0.2, -0.15) is 30.1 Å². The summed E-state index contributed by atoms with van der Waals surface area (Å²) >= 11 is 0. The van der Waals surface area contributed by atoms with Crippen LogP contribution in [0.3, 0.4) is 0 Å². The third-order valence-electron chi connectivity index (χ3n) is 14.8. The van der Waals surface area contributed by atoms with E-state index in [4.69, 9.17) is 29.5 Å². The molecule has 3 aliphatic rings. The molecule has 0 aromatic carbocycles. The molecule has 3 aliphatic heterocycles. The summed E-state index contributed by atoms with van der Waals surface area (Å²) in [6.45, 7) is 23.6. The zero-order valence-corrected chi connectivity index (χ0v) is 45.0. The fourth-order valence-corrected chi connectivity index (χ4v) is 11.3. The van der Waals surface area contributed by atoms with Crippen molar-refractivity contribution >= 4 is 17.8 Å². The summed E-state index contributed by atoms with van der Waals surface area (Å²) in [4.78, 5) is 38.7. The Balaban J connectivity index is 1.38. The zero-order chi connectivity index (χ0) is 48.9. The Kier molecular flexibility index (Phi) is 29.1. The van der Waals surface area contributed by atoms with Gasteiger partial charge in [-0.25, -0.2) is 0 Å². The van der Waals surface area contributed by atoms with Crippen LogP contribution in [-0.2, 0) is 14.5 Å². The first-order chi connectivity index (χ1) is 33.0. The summed E-state index contributed by atoms with van der Waals surface area (Å²) < 4.78 is 0. The molecule has 4 rings (SSSR count). The number of nitrogens with one attached hydrogen (secondary N) is 1. The number of aliphatic hydroxyl groups is 2. The van der Waals surface area contributed by atoms with Crippen LogP contribution < -0.4 is 15.1 Å². The van der Waals surface area contributed by atoms with Gasteiger partial charge in [0.05, 0.1) is 33.0 Å². The van der Waals surface area contributed by atoms with E-state index < -0.39 is 0 Å². The number of anilines is 3. The van der Waals surface area contributed by atoms with E-state index in [0.29, 0.717) is 36.9 Å². The molecule has 1 aromatic heterocycles. The molecule has 0 unspecified atom stereocenters. The quantitative estimate of drug-likeness (QED) is 0.0543. The molecular weight excluding hydrogens is 855 g/mol. The van der Waals surface area contributed by atoms with Gasteiger partial charge >= 0.3 is 0 Å². The average molecular weight is 960 g/mol. The molecule has 0 atom stereocenters. The van der Waals surface area contributed by atoms with Crippen LogP contribution in [0.4, 0.5) is 17.8 Å². The van der Waals surface area contributed by atoms with Crippen LogP contribution in [0.15, 0.2) is 0 Å². The fraction of sp³-hybridized carbons (Fsp3) is 0.944. The van der Waals surface area contributed by atoms with Crippen LogP contribution in [0, 0.1) is 5.92 Å². The van der Waals surface area contributed by atoms with Gasteiger partial charge in [0.1, 0.15) is 0 Å². The van der Waals surface area contributed by atoms with Gasteiger partial charge in [0.15, 0.2) is 0 Å². The molecule has 0 bridgehead atoms. The molecule has 14 nitrogen and oxygen atoms in total. The van der Waals surface area contributed by atoms with Crippen molar-refractivity contribution in [3.63, 3.8) is 0 Å². The van der Waals surface area contributed by atoms with Crippen molar-refractivity contribution in [3.8, 4) is 0 Å². The number of unbranched alkanes of at least 4 members (excludes halogenated alkanes) is 16. The highest BCUT2D eigenvalue weighted by Gasteiger charge is 2.46. The van der Waals surface area contributed by atoms with Crippen molar-refractivity contribution in [1.82, 2.24) is 30.1 Å². The van der Waals surface area contributed by atoms with Gasteiger partial charge in [-0.1, -0.05) is 130 Å². The van der Waals surface area contributed by atoms with E-state index >= 15 is 0 Å². The number of hydrogen-bond donors (Lipinski definition) is 3. The first kappa shape index (κ1) is 58.7. The van der Waals surface area contributed by atoms with Crippen molar-refractivity contribution < 1.29 is 24.7 Å². The smallest absolute Gasteiger partial charge is 0.232 e. The Labute approximate surface area is 416 Å². The van der Waals surface area contributed by atoms with E-state index in [1.54, 1.807) is 0 Å². The largest absolute Gasteiger partial charge is 0.395 e. The number of hydroxylamine groups is 6. The van der Waals surface area contributed by atoms with E-state index in [1.165, 1.54) is 103 Å². The second kappa shape index (κ2) is 33.7. The fourth-order valence-electron chi connectivity index (χ4n) is 11.3. The monoisotopic (exact) mass is 960 g/mol. The van der Waals surface area contributed by atoms with Gasteiger partial charge in [0, 0.05) is 69.0 Å². The number of hydrogen-bond acceptors (Lipinski definition) is 14. The van der Waals surface area contributed by atoms with E-state index in [1.807, 2.05) is 0 Å². The Bertz CT molecular complexity index is 1330. The van der Waals surface area contributed by atoms with Crippen LogP contribution in [0.2, 0.25) is 0 Å². The molecule has 3 fully saturated rings. The Morgan fingerprint density at radius 3 is 1.34 bits per heavy atom. The lowest BCUT2D eigenvalue weighted by molar-refractivity contribution is -0.288. The van der Waals surface area contributed by atoms with Crippen molar-refractivity contribution in [1.29, 1.82) is 0 Å². The molecule has 0 saturated carbocycles. The second-order valence-electron chi connectivity index (χ2n) is 21.8. The Morgan fingerprint density at radius 2 is 0.926 bits per heavy atom. The predicted octanol–water partition coefficient (Wildman–Crippen LogP) is 11.1. The van der Waals surface area contributed by atoms with Gasteiger partial charge in [0.2, 0.25) is 17.8 Å². The standard InChI is InChI=1S/C54H105N9O5/c1-8-11-14-17-20-25-42-66-59-34-29-48(30-35-59)61(38-40-64)51-56-50(57-52(58-51)62(39-41-65)49-31-36-60(37-32-49)67-43-26-21-18-15-12-9-2)55-33-24-23-28-47-45-53(4,5)63(54(6,7)46-47)68-44-27-22-19-16-13-10-3/h47-49,64-65H,8-46H2,1-7H3,(H,55,56,57,58). The molecule has 0 amide bonds. The van der Waals surface area contributed by atoms with Crippen molar-refractivity contribution in [2.75, 3.05) is 94.0 Å². The van der Waals surface area contributed by atoms with Gasteiger partial charge in [-0.05, 0) is 97.8 Å². The molecule has 0 aliphatic carbocycles. The summed E-state index contributed by atoms with van der Waals surface area (Å²) in [5.74, 6) is 2.39. The third kappa shape index (κ3) is 21.4. The van der Waals surface area contributed by atoms with E-state index in [2.05, 4.69) is 78.8 Å². The second-order valence-corrected chi connectivity index (χ2v) is 21.8. The first-order valence-electron chi connectivity index (χ1n) is 28.5. The van der Waals surface area contributed by atoms with Crippen LogP contribution in [0.5, 0.6) is 0 Å². The minimum atomic E-state index is -0.0141. The molecule has 0 spiro atoms. The lowest BCUT2D eigenvalue weighted by atomic mass is 9.73. The molecule has 3 saturated heterocycles. The average Bonchev–Trinajstić information content (AvgIpc) is 3.32. The number of rotatable bonds is 38. The van der Waals surface area contributed by atoms with Crippen LogP contribution in [-0.4, -0.2) is 142 Å². The van der Waals surface area contributed by atoms with E-state index in [9.17, 15) is 10.2 Å². The SMILES string of the molecule is CCCCCCCCON1CCC(N(CCO)c2nc(NCCCCC3CC(C)(C)N(OCCCCCCCC)C(C)(C)C3)nc(N(CCO)C3CCN(OCCCCCCCC)CC3)n2)CC1. The van der Waals surface area contributed by atoms with Crippen LogP contribution in [0.25, 0.3) is 0 Å². The maximum Gasteiger partial charge on any atom is 0.232 e. The third-order valence-corrected chi connectivity index (χ3v) is 14.8. The lowest BCUT2D eigenvalue weighted by Gasteiger charge is -2.54. The summed E-state index contributed by atoms with van der Waals surface area (Å²) in [5.41, 5.74) is -0.0281. The molecule has 1 aromatic rings. The van der Waals surface area contributed by atoms with Gasteiger partial charge in [-0.3, -0.25) is 14.5 Å². The van der Waals surface area contributed by atoms with Gasteiger partial charge in [0.25, 0.3) is 0 Å². The van der Waals surface area contributed by atoms with Crippen molar-refractivity contribution in [3.05, 3.63) is 0 Å². The topological polar surface area (TPSA) is 135 Å². The summed E-state index contributed by atoms with van der Waals surface area (Å²) in [6.07, 6.45) is 31.9. The highest BCUT2D eigenvalue weighted by molar-refractivity contribution is 5.47. The highest BCUT2D eigenvalue weighted by atomic mass is 16.7. The molecule has 14 heteroatoms. The van der Waals surface area contributed by atoms with Crippen molar-refractivity contribution in [2.24, 2.45) is 5.92 Å². The number of piperidine rings is 3. The summed E-state index contributed by atoms with van der Waals surface area (Å²) in [6, 6.07) is 0.330. The molecule has 0 radical (unpaired) electrons. The number of aliphatic hydroxyl groups excluding tert-OH is 2. The summed E-state index contributed by atoms with van der Waals surface area (Å²) in [7, 11) is 0. The lowest BCUT2D eigenvalue weighted by Crippen LogP contribution is -2.60. The Morgan fingerprint density at radius 1 is 0.529 bits per heavy atom. The molecular formula is C54H105N9O5. The minimum Gasteiger partial charge on any atom is -0.395 e. The van der Waals surface area contributed by atoms with E-state index in [0.717, 1.165) is 123 Å². The molecule has 396 valence electrons. The number of nitrogens with zero attached hydrogens (tertiary/aromatic N) is 8. The van der Waals surface area contributed by atoms with Gasteiger partial charge in [-0.15, -0.1) is 0 Å². The highest BCUT2D eigenvalue weighted by Crippen LogP contribution is 2.43. The van der Waals surface area contributed by atoms with Gasteiger partial charge < -0.3 is 25.3 Å². The van der Waals surface area contributed by atoms with Crippen LogP contribution in [0.1, 0.15) is 222 Å². The Hall–Kier alpha value is -1.91. The zero-order valence-electron chi connectivity index (χ0n) is 45.0. The maximum atomic E-state index is 10.4. The first-order valence-corrected chi connectivity index (χ1v) is 28.5. The molecule has 3 N–H and O–H groups in total. The summed E-state index contributed by atoms with van der Waals surface area (Å²) in [5, 5.41) is 31.1.